The third kappa shape index (κ3) is 11.6. The van der Waals surface area contributed by atoms with Gasteiger partial charge in [0.25, 0.3) is 0 Å². The topological polar surface area (TPSA) is 81.7 Å². The zero-order chi connectivity index (χ0) is 18.3. The number of Topliss-reactive ketones (excluding diaryl/α,β-unsaturated/α-hetero) is 1. The van der Waals surface area contributed by atoms with Gasteiger partial charge in [0.2, 0.25) is 5.91 Å². The summed E-state index contributed by atoms with van der Waals surface area (Å²) in [6.07, 6.45) is -6.86. The van der Waals surface area contributed by atoms with Crippen LogP contribution in [0.5, 0.6) is 0 Å². The number of alkyl halides is 3. The highest BCUT2D eigenvalue weighted by Crippen LogP contribution is 2.19. The summed E-state index contributed by atoms with van der Waals surface area (Å²) in [4.78, 5) is 34.4. The molecule has 0 aliphatic rings. The lowest BCUT2D eigenvalue weighted by Crippen LogP contribution is -2.46. The molecule has 0 radical (unpaired) electrons. The zero-order valence-electron chi connectivity index (χ0n) is 13.6. The van der Waals surface area contributed by atoms with E-state index in [1.165, 1.54) is 0 Å². The van der Waals surface area contributed by atoms with Gasteiger partial charge < -0.3 is 14.8 Å². The molecule has 0 fully saturated rings. The number of carbonyl (C=O) groups excluding carboxylic acids is 3. The molecule has 1 unspecified atom stereocenters. The number of ketones is 1. The zero-order valence-corrected chi connectivity index (χ0v) is 13.6. The molecule has 0 saturated carbocycles. The third-order valence-corrected chi connectivity index (χ3v) is 2.57. The molecule has 23 heavy (non-hydrogen) atoms. The van der Waals surface area contributed by atoms with Crippen LogP contribution in [0.4, 0.5) is 13.2 Å². The van der Waals surface area contributed by atoms with Crippen LogP contribution in [0.15, 0.2) is 0 Å². The first-order chi connectivity index (χ1) is 10.3. The molecule has 0 heterocycles. The van der Waals surface area contributed by atoms with Crippen molar-refractivity contribution in [3.05, 3.63) is 0 Å². The number of hydrogen-bond donors (Lipinski definition) is 1. The Balaban J connectivity index is 4.76. The highest BCUT2D eigenvalue weighted by Gasteiger charge is 2.33. The van der Waals surface area contributed by atoms with Crippen molar-refractivity contribution in [3.8, 4) is 0 Å². The van der Waals surface area contributed by atoms with Crippen LogP contribution in [0.3, 0.4) is 0 Å². The summed E-state index contributed by atoms with van der Waals surface area (Å²) in [5.41, 5.74) is -0.643. The lowest BCUT2D eigenvalue weighted by Gasteiger charge is -2.24. The van der Waals surface area contributed by atoms with Crippen LogP contribution < -0.4 is 5.32 Å². The van der Waals surface area contributed by atoms with E-state index in [1.54, 1.807) is 20.8 Å². The molecule has 0 aliphatic carbocycles. The maximum atomic E-state index is 12.2. The van der Waals surface area contributed by atoms with E-state index < -0.39 is 41.9 Å². The third-order valence-electron chi connectivity index (χ3n) is 2.57. The maximum absolute atomic E-state index is 12.2. The van der Waals surface area contributed by atoms with Crippen molar-refractivity contribution in [3.63, 3.8) is 0 Å². The number of hydrogen-bond acceptors (Lipinski definition) is 5. The standard InChI is InChI=1S/C14H22F3NO5/c1-13(2,3)23-8-9(10(19)5-6-12(21)22-4)18-11(20)7-14(15,16)17/h9H,5-8H2,1-4H3,(H,18,20). The molecular formula is C14H22F3NO5. The van der Waals surface area contributed by atoms with Crippen LogP contribution in [-0.4, -0.2) is 49.2 Å². The van der Waals surface area contributed by atoms with Crippen LogP contribution in [-0.2, 0) is 23.9 Å². The molecule has 1 amide bonds. The van der Waals surface area contributed by atoms with Crippen LogP contribution in [0, 0.1) is 0 Å². The maximum Gasteiger partial charge on any atom is 0.397 e. The van der Waals surface area contributed by atoms with Crippen molar-refractivity contribution in [2.24, 2.45) is 0 Å². The number of rotatable bonds is 8. The SMILES string of the molecule is COC(=O)CCC(=O)C(COC(C)(C)C)NC(=O)CC(F)(F)F. The normalized spacial score (nSPS) is 13.3. The number of halogens is 3. The summed E-state index contributed by atoms with van der Waals surface area (Å²) in [7, 11) is 1.15. The average molecular weight is 341 g/mol. The fourth-order valence-corrected chi connectivity index (χ4v) is 1.48. The van der Waals surface area contributed by atoms with E-state index in [-0.39, 0.29) is 19.4 Å². The summed E-state index contributed by atoms with van der Waals surface area (Å²) in [6, 6.07) is -1.26. The number of esters is 1. The van der Waals surface area contributed by atoms with Gasteiger partial charge in [-0.25, -0.2) is 0 Å². The van der Waals surface area contributed by atoms with Gasteiger partial charge in [0, 0.05) is 6.42 Å². The van der Waals surface area contributed by atoms with Gasteiger partial charge in [-0.1, -0.05) is 0 Å². The van der Waals surface area contributed by atoms with E-state index >= 15 is 0 Å². The highest BCUT2D eigenvalue weighted by molar-refractivity contribution is 5.91. The van der Waals surface area contributed by atoms with Crippen LogP contribution in [0.25, 0.3) is 0 Å². The minimum atomic E-state index is -4.67. The molecule has 9 heteroatoms. The first kappa shape index (κ1) is 21.4. The number of methoxy groups -OCH3 is 1. The van der Waals surface area contributed by atoms with E-state index in [0.717, 1.165) is 7.11 Å². The summed E-state index contributed by atoms with van der Waals surface area (Å²) < 4.78 is 46.3. The second-order valence-corrected chi connectivity index (χ2v) is 5.88. The predicted molar refractivity (Wildman–Crippen MR) is 74.6 cm³/mol. The van der Waals surface area contributed by atoms with Crippen molar-refractivity contribution in [2.75, 3.05) is 13.7 Å². The molecule has 1 atom stereocenters. The lowest BCUT2D eigenvalue weighted by molar-refractivity contribution is -0.156. The molecule has 0 rings (SSSR count). The Kier molecular flexibility index (Phi) is 8.22. The van der Waals surface area contributed by atoms with Gasteiger partial charge in [-0.3, -0.25) is 14.4 Å². The van der Waals surface area contributed by atoms with E-state index in [0.29, 0.717) is 0 Å². The van der Waals surface area contributed by atoms with Crippen LogP contribution in [0.1, 0.15) is 40.0 Å². The molecule has 0 bridgehead atoms. The summed E-state index contributed by atoms with van der Waals surface area (Å²) in [5, 5.41) is 2.00. The number of ether oxygens (including phenoxy) is 2. The number of carbonyl (C=O) groups is 3. The minimum Gasteiger partial charge on any atom is -0.469 e. The lowest BCUT2D eigenvalue weighted by atomic mass is 10.1. The molecule has 0 aromatic heterocycles. The molecule has 6 nitrogen and oxygen atoms in total. The predicted octanol–water partition coefficient (Wildman–Crippen LogP) is 1.76. The molecule has 0 saturated heterocycles. The Morgan fingerprint density at radius 1 is 1.09 bits per heavy atom. The van der Waals surface area contributed by atoms with E-state index in [2.05, 4.69) is 4.74 Å². The van der Waals surface area contributed by atoms with Crippen molar-refractivity contribution < 1.29 is 37.0 Å². The highest BCUT2D eigenvalue weighted by atomic mass is 19.4. The Morgan fingerprint density at radius 2 is 1.65 bits per heavy atom. The monoisotopic (exact) mass is 341 g/mol. The Labute approximate surface area is 132 Å². The first-order valence-corrected chi connectivity index (χ1v) is 6.93. The molecule has 0 aliphatic heterocycles. The van der Waals surface area contributed by atoms with E-state index in [4.69, 9.17) is 4.74 Å². The van der Waals surface area contributed by atoms with E-state index in [9.17, 15) is 27.6 Å². The largest absolute Gasteiger partial charge is 0.469 e. The molecule has 0 aromatic rings. The number of nitrogens with one attached hydrogen (secondary N) is 1. The van der Waals surface area contributed by atoms with Gasteiger partial charge in [-0.2, -0.15) is 13.2 Å². The Morgan fingerprint density at radius 3 is 2.09 bits per heavy atom. The van der Waals surface area contributed by atoms with Crippen molar-refractivity contribution in [1.82, 2.24) is 5.32 Å². The second kappa shape index (κ2) is 8.85. The van der Waals surface area contributed by atoms with Gasteiger partial charge in [-0.15, -0.1) is 0 Å². The van der Waals surface area contributed by atoms with Crippen molar-refractivity contribution >= 4 is 17.7 Å². The van der Waals surface area contributed by atoms with E-state index in [1.807, 2.05) is 5.32 Å². The molecular weight excluding hydrogens is 319 g/mol. The van der Waals surface area contributed by atoms with Gasteiger partial charge in [0.1, 0.15) is 12.5 Å². The smallest absolute Gasteiger partial charge is 0.397 e. The van der Waals surface area contributed by atoms with Gasteiger partial charge in [0.15, 0.2) is 5.78 Å². The average Bonchev–Trinajstić information content (AvgIpc) is 2.37. The first-order valence-electron chi connectivity index (χ1n) is 6.93. The summed E-state index contributed by atoms with van der Waals surface area (Å²) >= 11 is 0. The molecule has 0 spiro atoms. The number of amides is 1. The quantitative estimate of drug-likeness (QED) is 0.681. The van der Waals surface area contributed by atoms with Gasteiger partial charge in [-0.05, 0) is 20.8 Å². The Bertz CT molecular complexity index is 429. The summed E-state index contributed by atoms with van der Waals surface area (Å²) in [6.45, 7) is 4.80. The molecule has 0 aromatic carbocycles. The van der Waals surface area contributed by atoms with Crippen LogP contribution in [0.2, 0.25) is 0 Å². The molecule has 134 valence electrons. The van der Waals surface area contributed by atoms with Crippen LogP contribution >= 0.6 is 0 Å². The van der Waals surface area contributed by atoms with Gasteiger partial charge in [0.05, 0.1) is 25.7 Å². The summed E-state index contributed by atoms with van der Waals surface area (Å²) in [5.74, 6) is -2.56. The minimum absolute atomic E-state index is 0.226. The second-order valence-electron chi connectivity index (χ2n) is 5.88. The van der Waals surface area contributed by atoms with Crippen molar-refractivity contribution in [2.45, 2.75) is 57.9 Å². The fourth-order valence-electron chi connectivity index (χ4n) is 1.48. The van der Waals surface area contributed by atoms with Crippen molar-refractivity contribution in [1.29, 1.82) is 0 Å². The molecule has 1 N–H and O–H groups in total. The fraction of sp³-hybridized carbons (Fsp3) is 0.786. The Hall–Kier alpha value is -1.64. The van der Waals surface area contributed by atoms with Gasteiger partial charge >= 0.3 is 12.1 Å².